The van der Waals surface area contributed by atoms with E-state index in [0.717, 1.165) is 21.4 Å². The van der Waals surface area contributed by atoms with Gasteiger partial charge in [-0.1, -0.05) is 57.5 Å². The largest absolute Gasteiger partial charge is 0.308 e. The topological polar surface area (TPSA) is 64.8 Å². The van der Waals surface area contributed by atoms with Gasteiger partial charge in [0.1, 0.15) is 11.6 Å². The molecule has 0 saturated carbocycles. The van der Waals surface area contributed by atoms with Crippen molar-refractivity contribution in [1.29, 1.82) is 0 Å². The number of benzene rings is 2. The van der Waals surface area contributed by atoms with Gasteiger partial charge in [-0.2, -0.15) is 0 Å². The van der Waals surface area contributed by atoms with Gasteiger partial charge in [0.05, 0.1) is 4.90 Å². The lowest BCUT2D eigenvalue weighted by atomic mass is 10.2. The van der Waals surface area contributed by atoms with E-state index in [9.17, 15) is 8.42 Å². The Balaban J connectivity index is 1.72. The molecule has 0 aliphatic carbocycles. The summed E-state index contributed by atoms with van der Waals surface area (Å²) in [7, 11) is -1.65. The monoisotopic (exact) mass is 451 g/mol. The molecule has 0 atom stereocenters. The third-order valence-electron chi connectivity index (χ3n) is 3.91. The number of sulfone groups is 1. The van der Waals surface area contributed by atoms with Crippen LogP contribution in [0.4, 0.5) is 0 Å². The standard InChI is InChI=1S/C18H18BrN3O2S2/c1-13-3-9-16(10-4-13)26(23,24)12-17-20-21-18(22(17)2)25-11-14-5-7-15(19)8-6-14/h3-10H,11-12H2,1-2H3. The Morgan fingerprint density at radius 3 is 2.35 bits per heavy atom. The minimum Gasteiger partial charge on any atom is -0.308 e. The average Bonchev–Trinajstić information content (AvgIpc) is 2.94. The van der Waals surface area contributed by atoms with Crippen molar-refractivity contribution in [3.8, 4) is 0 Å². The van der Waals surface area contributed by atoms with Crippen LogP contribution in [0.15, 0.2) is 63.1 Å². The Hall–Kier alpha value is -1.64. The molecule has 0 saturated heterocycles. The Morgan fingerprint density at radius 1 is 1.04 bits per heavy atom. The van der Waals surface area contributed by atoms with Gasteiger partial charge in [-0.05, 0) is 36.8 Å². The summed E-state index contributed by atoms with van der Waals surface area (Å²) in [5.41, 5.74) is 2.18. The number of aryl methyl sites for hydroxylation is 1. The van der Waals surface area contributed by atoms with Gasteiger partial charge in [0.2, 0.25) is 0 Å². The van der Waals surface area contributed by atoms with Crippen LogP contribution in [-0.2, 0) is 28.4 Å². The molecule has 2 aromatic carbocycles. The molecule has 1 aromatic heterocycles. The zero-order valence-corrected chi connectivity index (χ0v) is 17.6. The first kappa shape index (κ1) is 19.1. The molecule has 0 aliphatic heterocycles. The molecule has 26 heavy (non-hydrogen) atoms. The zero-order valence-electron chi connectivity index (χ0n) is 14.4. The molecule has 0 fully saturated rings. The molecule has 0 amide bonds. The van der Waals surface area contributed by atoms with Crippen LogP contribution >= 0.6 is 27.7 Å². The Labute approximate surface area is 165 Å². The second kappa shape index (κ2) is 7.94. The fourth-order valence-corrected chi connectivity index (χ4v) is 4.78. The zero-order chi connectivity index (χ0) is 18.7. The van der Waals surface area contributed by atoms with Crippen LogP contribution in [0, 0.1) is 6.92 Å². The van der Waals surface area contributed by atoms with E-state index in [2.05, 4.69) is 26.1 Å². The van der Waals surface area contributed by atoms with Crippen molar-refractivity contribution in [2.45, 2.75) is 28.5 Å². The lowest BCUT2D eigenvalue weighted by Crippen LogP contribution is -2.09. The van der Waals surface area contributed by atoms with Crippen molar-refractivity contribution in [3.05, 3.63) is 70.0 Å². The first-order valence-corrected chi connectivity index (χ1v) is 11.3. The molecule has 0 N–H and O–H groups in total. The van der Waals surface area contributed by atoms with E-state index in [1.54, 1.807) is 35.9 Å². The molecule has 5 nitrogen and oxygen atoms in total. The van der Waals surface area contributed by atoms with Crippen molar-refractivity contribution >= 4 is 37.5 Å². The van der Waals surface area contributed by atoms with Crippen LogP contribution in [0.1, 0.15) is 17.0 Å². The normalized spacial score (nSPS) is 11.7. The summed E-state index contributed by atoms with van der Waals surface area (Å²) < 4.78 is 28.0. The molecule has 8 heteroatoms. The third kappa shape index (κ3) is 4.55. The van der Waals surface area contributed by atoms with Crippen LogP contribution in [0.25, 0.3) is 0 Å². The van der Waals surface area contributed by atoms with Crippen molar-refractivity contribution in [3.63, 3.8) is 0 Å². The van der Waals surface area contributed by atoms with Crippen LogP contribution in [-0.4, -0.2) is 23.2 Å². The van der Waals surface area contributed by atoms with Gasteiger partial charge in [-0.15, -0.1) is 10.2 Å². The van der Waals surface area contributed by atoms with Crippen LogP contribution < -0.4 is 0 Å². The summed E-state index contributed by atoms with van der Waals surface area (Å²) in [5.74, 6) is 1.01. The predicted octanol–water partition coefficient (Wildman–Crippen LogP) is 4.15. The van der Waals surface area contributed by atoms with E-state index in [-0.39, 0.29) is 5.75 Å². The molecule has 0 bridgehead atoms. The predicted molar refractivity (Wildman–Crippen MR) is 107 cm³/mol. The van der Waals surface area contributed by atoms with Crippen molar-refractivity contribution < 1.29 is 8.42 Å². The van der Waals surface area contributed by atoms with E-state index < -0.39 is 9.84 Å². The van der Waals surface area contributed by atoms with Crippen LogP contribution in [0.2, 0.25) is 0 Å². The molecule has 3 rings (SSSR count). The minimum absolute atomic E-state index is 0.168. The fourth-order valence-electron chi connectivity index (χ4n) is 2.32. The summed E-state index contributed by atoms with van der Waals surface area (Å²) in [6, 6.07) is 14.9. The SMILES string of the molecule is Cc1ccc(S(=O)(=O)Cc2nnc(SCc3ccc(Br)cc3)n2C)cc1. The second-order valence-electron chi connectivity index (χ2n) is 5.95. The highest BCUT2D eigenvalue weighted by molar-refractivity contribution is 9.10. The van der Waals surface area contributed by atoms with E-state index in [1.807, 2.05) is 31.2 Å². The number of hydrogen-bond donors (Lipinski definition) is 0. The van der Waals surface area contributed by atoms with Gasteiger partial charge in [-0.3, -0.25) is 0 Å². The molecule has 3 aromatic rings. The third-order valence-corrected chi connectivity index (χ3v) is 7.15. The number of halogens is 1. The maximum absolute atomic E-state index is 12.6. The van der Waals surface area contributed by atoms with Gasteiger partial charge in [0.15, 0.2) is 15.0 Å². The first-order valence-electron chi connectivity index (χ1n) is 7.90. The lowest BCUT2D eigenvalue weighted by Gasteiger charge is -2.06. The van der Waals surface area contributed by atoms with E-state index in [0.29, 0.717) is 15.9 Å². The maximum atomic E-state index is 12.6. The quantitative estimate of drug-likeness (QED) is 0.526. The Bertz CT molecular complexity index is 998. The maximum Gasteiger partial charge on any atom is 0.191 e. The van der Waals surface area contributed by atoms with Gasteiger partial charge < -0.3 is 4.57 Å². The summed E-state index contributed by atoms with van der Waals surface area (Å²) in [5, 5.41) is 8.91. The molecule has 0 radical (unpaired) electrons. The molecule has 0 unspecified atom stereocenters. The van der Waals surface area contributed by atoms with E-state index in [4.69, 9.17) is 0 Å². The number of hydrogen-bond acceptors (Lipinski definition) is 5. The number of aromatic nitrogens is 3. The number of nitrogens with zero attached hydrogens (tertiary/aromatic N) is 3. The summed E-state index contributed by atoms with van der Waals surface area (Å²) in [6.45, 7) is 1.92. The van der Waals surface area contributed by atoms with Crippen molar-refractivity contribution in [2.75, 3.05) is 0 Å². The second-order valence-corrected chi connectivity index (χ2v) is 9.79. The molecule has 0 spiro atoms. The highest BCUT2D eigenvalue weighted by Crippen LogP contribution is 2.23. The van der Waals surface area contributed by atoms with Gasteiger partial charge in [0.25, 0.3) is 0 Å². The average molecular weight is 452 g/mol. The summed E-state index contributed by atoms with van der Waals surface area (Å²) in [4.78, 5) is 0.301. The Morgan fingerprint density at radius 2 is 1.69 bits per heavy atom. The summed E-state index contributed by atoms with van der Waals surface area (Å²) in [6.07, 6.45) is 0. The number of rotatable bonds is 6. The van der Waals surface area contributed by atoms with Gasteiger partial charge in [0, 0.05) is 17.3 Å². The van der Waals surface area contributed by atoms with E-state index >= 15 is 0 Å². The van der Waals surface area contributed by atoms with Crippen molar-refractivity contribution in [1.82, 2.24) is 14.8 Å². The van der Waals surface area contributed by atoms with E-state index in [1.165, 1.54) is 11.8 Å². The highest BCUT2D eigenvalue weighted by Gasteiger charge is 2.20. The van der Waals surface area contributed by atoms with Crippen LogP contribution in [0.3, 0.4) is 0 Å². The molecule has 1 heterocycles. The van der Waals surface area contributed by atoms with Crippen LogP contribution in [0.5, 0.6) is 0 Å². The summed E-state index contributed by atoms with van der Waals surface area (Å²) >= 11 is 4.95. The molecular weight excluding hydrogens is 434 g/mol. The highest BCUT2D eigenvalue weighted by atomic mass is 79.9. The first-order chi connectivity index (χ1) is 12.3. The molecular formula is C18H18BrN3O2S2. The lowest BCUT2D eigenvalue weighted by molar-refractivity contribution is 0.591. The molecule has 0 aliphatic rings. The molecule has 136 valence electrons. The smallest absolute Gasteiger partial charge is 0.191 e. The number of thioether (sulfide) groups is 1. The minimum atomic E-state index is -3.45. The van der Waals surface area contributed by atoms with Crippen molar-refractivity contribution in [2.24, 2.45) is 7.05 Å². The Kier molecular flexibility index (Phi) is 5.84. The van der Waals surface area contributed by atoms with Gasteiger partial charge >= 0.3 is 0 Å². The van der Waals surface area contributed by atoms with Gasteiger partial charge in [-0.25, -0.2) is 8.42 Å². The fraction of sp³-hybridized carbons (Fsp3) is 0.222.